The zero-order chi connectivity index (χ0) is 25.1. The van der Waals surface area contributed by atoms with Crippen LogP contribution in [0.25, 0.3) is 22.2 Å². The molecule has 5 heteroatoms. The van der Waals surface area contributed by atoms with Crippen LogP contribution in [0.5, 0.6) is 11.5 Å². The minimum Gasteiger partial charge on any atom is -0.493 e. The lowest BCUT2D eigenvalue weighted by Gasteiger charge is -2.20. The Labute approximate surface area is 207 Å². The molecule has 4 rings (SSSR count). The summed E-state index contributed by atoms with van der Waals surface area (Å²) in [5.41, 5.74) is 6.02. The lowest BCUT2D eigenvalue weighted by molar-refractivity contribution is 0.102. The number of carbonyl (C=O) groups excluding carboxylic acids is 1. The number of hydrogen-bond acceptors (Lipinski definition) is 4. The molecule has 0 bridgehead atoms. The van der Waals surface area contributed by atoms with Gasteiger partial charge in [-0.05, 0) is 53.3 Å². The molecule has 0 atom stereocenters. The monoisotopic (exact) mass is 468 g/mol. The van der Waals surface area contributed by atoms with E-state index >= 15 is 0 Å². The van der Waals surface area contributed by atoms with Crippen LogP contribution in [0.3, 0.4) is 0 Å². The van der Waals surface area contributed by atoms with Crippen LogP contribution in [0.2, 0.25) is 0 Å². The van der Waals surface area contributed by atoms with Gasteiger partial charge < -0.3 is 14.8 Å². The number of nitrogens with one attached hydrogen (secondary N) is 1. The summed E-state index contributed by atoms with van der Waals surface area (Å²) in [6.07, 6.45) is 0. The predicted molar refractivity (Wildman–Crippen MR) is 143 cm³/mol. The summed E-state index contributed by atoms with van der Waals surface area (Å²) in [5, 5.41) is 4.07. The maximum absolute atomic E-state index is 13.8. The number of carbonyl (C=O) groups is 1. The molecule has 35 heavy (non-hydrogen) atoms. The molecule has 3 aromatic carbocycles. The zero-order valence-corrected chi connectivity index (χ0v) is 21.2. The van der Waals surface area contributed by atoms with Crippen LogP contribution < -0.4 is 14.8 Å². The molecule has 1 N–H and O–H groups in total. The molecule has 0 spiro atoms. The van der Waals surface area contributed by atoms with Gasteiger partial charge in [0, 0.05) is 16.6 Å². The van der Waals surface area contributed by atoms with E-state index in [4.69, 9.17) is 14.5 Å². The summed E-state index contributed by atoms with van der Waals surface area (Å²) in [6.45, 7) is 8.58. The van der Waals surface area contributed by atoms with E-state index in [1.165, 1.54) is 0 Å². The van der Waals surface area contributed by atoms with Crippen LogP contribution in [-0.2, 0) is 0 Å². The van der Waals surface area contributed by atoms with E-state index in [1.54, 1.807) is 14.2 Å². The first-order valence-corrected chi connectivity index (χ1v) is 11.9. The Kier molecular flexibility index (Phi) is 7.06. The van der Waals surface area contributed by atoms with Crippen molar-refractivity contribution >= 4 is 22.5 Å². The van der Waals surface area contributed by atoms with Gasteiger partial charge in [-0.3, -0.25) is 4.79 Å². The molecule has 0 unspecified atom stereocenters. The summed E-state index contributed by atoms with van der Waals surface area (Å²) < 4.78 is 10.9. The molecule has 0 aliphatic carbocycles. The number of ether oxygens (including phenoxy) is 2. The van der Waals surface area contributed by atoms with Gasteiger partial charge >= 0.3 is 0 Å². The molecule has 180 valence electrons. The molecule has 0 fully saturated rings. The van der Waals surface area contributed by atoms with Crippen molar-refractivity contribution in [3.63, 3.8) is 0 Å². The molecule has 5 nitrogen and oxygen atoms in total. The second-order valence-electron chi connectivity index (χ2n) is 9.22. The quantitative estimate of drug-likeness (QED) is 0.307. The van der Waals surface area contributed by atoms with Crippen LogP contribution in [0.4, 0.5) is 5.69 Å². The Balaban J connectivity index is 1.84. The fraction of sp³-hybridized carbons (Fsp3) is 0.267. The first-order valence-electron chi connectivity index (χ1n) is 11.9. The summed E-state index contributed by atoms with van der Waals surface area (Å²) in [6, 6.07) is 21.5. The lowest BCUT2D eigenvalue weighted by atomic mass is 9.92. The number of aromatic nitrogens is 1. The SMILES string of the molecule is COc1ccc(-c2cc(C(=O)Nc3c(C(C)C)cccc3C(C)C)c3ccccc3n2)cc1OC. The fourth-order valence-corrected chi connectivity index (χ4v) is 4.38. The van der Waals surface area contributed by atoms with E-state index in [-0.39, 0.29) is 17.7 Å². The summed E-state index contributed by atoms with van der Waals surface area (Å²) in [4.78, 5) is 18.6. The van der Waals surface area contributed by atoms with Gasteiger partial charge in [-0.15, -0.1) is 0 Å². The van der Waals surface area contributed by atoms with E-state index < -0.39 is 0 Å². The van der Waals surface area contributed by atoms with Crippen molar-refractivity contribution in [2.45, 2.75) is 39.5 Å². The van der Waals surface area contributed by atoms with Gasteiger partial charge in [-0.2, -0.15) is 0 Å². The van der Waals surface area contributed by atoms with E-state index in [1.807, 2.05) is 48.5 Å². The third-order valence-electron chi connectivity index (χ3n) is 6.25. The Hall–Kier alpha value is -3.86. The average molecular weight is 469 g/mol. The average Bonchev–Trinajstić information content (AvgIpc) is 2.87. The van der Waals surface area contributed by atoms with Gasteiger partial charge in [0.1, 0.15) is 0 Å². The number of para-hydroxylation sites is 2. The molecule has 0 aliphatic rings. The zero-order valence-electron chi connectivity index (χ0n) is 21.2. The van der Waals surface area contributed by atoms with Gasteiger partial charge in [-0.25, -0.2) is 4.98 Å². The van der Waals surface area contributed by atoms with Crippen LogP contribution in [0.15, 0.2) is 66.7 Å². The molecule has 1 heterocycles. The van der Waals surface area contributed by atoms with E-state index in [9.17, 15) is 4.79 Å². The molecule has 0 saturated heterocycles. The number of pyridine rings is 1. The van der Waals surface area contributed by atoms with Gasteiger partial charge in [0.15, 0.2) is 11.5 Å². The fourth-order valence-electron chi connectivity index (χ4n) is 4.38. The molecular weight excluding hydrogens is 436 g/mol. The van der Waals surface area contributed by atoms with Crippen molar-refractivity contribution in [2.75, 3.05) is 19.5 Å². The Morgan fingerprint density at radius 2 is 1.46 bits per heavy atom. The van der Waals surface area contributed by atoms with E-state index in [0.29, 0.717) is 22.8 Å². The van der Waals surface area contributed by atoms with Crippen LogP contribution in [0, 0.1) is 0 Å². The van der Waals surface area contributed by atoms with Crippen LogP contribution in [0.1, 0.15) is 61.0 Å². The topological polar surface area (TPSA) is 60.5 Å². The van der Waals surface area contributed by atoms with Crippen molar-refractivity contribution in [1.29, 1.82) is 0 Å². The Morgan fingerprint density at radius 1 is 0.800 bits per heavy atom. The normalized spacial score (nSPS) is 11.2. The van der Waals surface area contributed by atoms with Crippen molar-refractivity contribution in [3.05, 3.63) is 83.4 Å². The highest BCUT2D eigenvalue weighted by Crippen LogP contribution is 2.35. The molecule has 1 aromatic heterocycles. The van der Waals surface area contributed by atoms with Gasteiger partial charge in [-0.1, -0.05) is 64.1 Å². The van der Waals surface area contributed by atoms with Crippen LogP contribution >= 0.6 is 0 Å². The van der Waals surface area contributed by atoms with E-state index in [0.717, 1.165) is 33.3 Å². The molecule has 0 saturated carbocycles. The van der Waals surface area contributed by atoms with Crippen molar-refractivity contribution < 1.29 is 14.3 Å². The third kappa shape index (κ3) is 4.85. The molecule has 0 aliphatic heterocycles. The molecular formula is C30H32N2O3. The summed E-state index contributed by atoms with van der Waals surface area (Å²) >= 11 is 0. The first kappa shape index (κ1) is 24.3. The number of rotatable bonds is 7. The standard InChI is InChI=1S/C30H32N2O3/c1-18(2)21-11-9-12-22(19(3)4)29(21)32-30(33)24-17-26(31-25-13-8-7-10-23(24)25)20-14-15-27(34-5)28(16-20)35-6/h7-19H,1-6H3,(H,32,33). The number of fused-ring (bicyclic) bond motifs is 1. The maximum Gasteiger partial charge on any atom is 0.256 e. The minimum absolute atomic E-state index is 0.152. The number of benzene rings is 3. The molecule has 4 aromatic rings. The lowest BCUT2D eigenvalue weighted by Crippen LogP contribution is -2.16. The third-order valence-corrected chi connectivity index (χ3v) is 6.25. The van der Waals surface area contributed by atoms with Crippen molar-refractivity contribution in [3.8, 4) is 22.8 Å². The highest BCUT2D eigenvalue weighted by molar-refractivity contribution is 6.13. The Morgan fingerprint density at radius 3 is 2.09 bits per heavy atom. The van der Waals surface area contributed by atoms with Crippen LogP contribution in [-0.4, -0.2) is 25.1 Å². The molecule has 0 radical (unpaired) electrons. The highest BCUT2D eigenvalue weighted by atomic mass is 16.5. The smallest absolute Gasteiger partial charge is 0.256 e. The van der Waals surface area contributed by atoms with Crippen molar-refractivity contribution in [2.24, 2.45) is 0 Å². The second kappa shape index (κ2) is 10.2. The van der Waals surface area contributed by atoms with Gasteiger partial charge in [0.25, 0.3) is 5.91 Å². The summed E-state index contributed by atoms with van der Waals surface area (Å²) in [7, 11) is 3.21. The summed E-state index contributed by atoms with van der Waals surface area (Å²) in [5.74, 6) is 1.65. The Bertz CT molecular complexity index is 1350. The number of amides is 1. The maximum atomic E-state index is 13.8. The predicted octanol–water partition coefficient (Wildman–Crippen LogP) is 7.42. The molecule has 1 amide bonds. The van der Waals surface area contributed by atoms with E-state index in [2.05, 4.69) is 51.2 Å². The van der Waals surface area contributed by atoms with Crippen molar-refractivity contribution in [1.82, 2.24) is 4.98 Å². The van der Waals surface area contributed by atoms with Gasteiger partial charge in [0.2, 0.25) is 0 Å². The largest absolute Gasteiger partial charge is 0.493 e. The number of hydrogen-bond donors (Lipinski definition) is 1. The number of nitrogens with zero attached hydrogens (tertiary/aromatic N) is 1. The second-order valence-corrected chi connectivity index (χ2v) is 9.22. The first-order chi connectivity index (χ1) is 16.8. The van der Waals surface area contributed by atoms with Gasteiger partial charge in [0.05, 0.1) is 31.0 Å². The number of methoxy groups -OCH3 is 2. The highest BCUT2D eigenvalue weighted by Gasteiger charge is 2.20. The minimum atomic E-state index is -0.152. The number of anilines is 1.